The van der Waals surface area contributed by atoms with E-state index in [9.17, 15) is 4.79 Å². The summed E-state index contributed by atoms with van der Waals surface area (Å²) in [5, 5.41) is 3.82. The van der Waals surface area contributed by atoms with E-state index in [-0.39, 0.29) is 0 Å². The summed E-state index contributed by atoms with van der Waals surface area (Å²) in [6.07, 6.45) is 3.49. The van der Waals surface area contributed by atoms with Crippen molar-refractivity contribution in [2.24, 2.45) is 0 Å². The first-order valence-electron chi connectivity index (χ1n) is 8.44. The lowest BCUT2D eigenvalue weighted by atomic mass is 10.2. The van der Waals surface area contributed by atoms with Gasteiger partial charge in [-0.2, -0.15) is 0 Å². The molecule has 138 valence electrons. The molecule has 1 aromatic carbocycles. The molecule has 3 rings (SSSR count). The average Bonchev–Trinajstić information content (AvgIpc) is 2.71. The van der Waals surface area contributed by atoms with Gasteiger partial charge in [0.15, 0.2) is 0 Å². The van der Waals surface area contributed by atoms with Crippen molar-refractivity contribution < 1.29 is 9.53 Å². The Hall–Kier alpha value is -2.93. The Balaban J connectivity index is 1.87. The van der Waals surface area contributed by atoms with E-state index in [4.69, 9.17) is 4.74 Å². The van der Waals surface area contributed by atoms with E-state index in [2.05, 4.69) is 20.3 Å². The SMILES string of the molecule is COC(=O)c1c(NCc2cccnc2)nc(C)nc1SCc1ccccc1. The third-order valence-electron chi connectivity index (χ3n) is 3.78. The van der Waals surface area contributed by atoms with E-state index in [1.807, 2.05) is 49.4 Å². The highest BCUT2D eigenvalue weighted by molar-refractivity contribution is 7.98. The quantitative estimate of drug-likeness (QED) is 0.379. The summed E-state index contributed by atoms with van der Waals surface area (Å²) >= 11 is 1.49. The number of nitrogens with zero attached hydrogens (tertiary/aromatic N) is 3. The van der Waals surface area contributed by atoms with E-state index >= 15 is 0 Å². The fraction of sp³-hybridized carbons (Fsp3) is 0.200. The first kappa shape index (κ1) is 18.8. The maximum atomic E-state index is 12.4. The minimum absolute atomic E-state index is 0.355. The van der Waals surface area contributed by atoms with Gasteiger partial charge in [0.05, 0.1) is 7.11 Å². The number of methoxy groups -OCH3 is 1. The van der Waals surface area contributed by atoms with Crippen molar-refractivity contribution in [2.75, 3.05) is 12.4 Å². The maximum Gasteiger partial charge on any atom is 0.344 e. The van der Waals surface area contributed by atoms with E-state index in [0.29, 0.717) is 34.5 Å². The van der Waals surface area contributed by atoms with Crippen molar-refractivity contribution >= 4 is 23.5 Å². The van der Waals surface area contributed by atoms with Gasteiger partial charge in [0, 0.05) is 24.7 Å². The van der Waals surface area contributed by atoms with E-state index in [1.54, 1.807) is 12.4 Å². The Morgan fingerprint density at radius 1 is 1.11 bits per heavy atom. The highest BCUT2D eigenvalue weighted by atomic mass is 32.2. The van der Waals surface area contributed by atoms with Crippen LogP contribution >= 0.6 is 11.8 Å². The molecule has 27 heavy (non-hydrogen) atoms. The van der Waals surface area contributed by atoms with Gasteiger partial charge in [-0.15, -0.1) is 11.8 Å². The highest BCUT2D eigenvalue weighted by Gasteiger charge is 2.21. The smallest absolute Gasteiger partial charge is 0.344 e. The van der Waals surface area contributed by atoms with Crippen LogP contribution in [0, 0.1) is 6.92 Å². The second-order valence-corrected chi connectivity index (χ2v) is 6.74. The number of thioether (sulfide) groups is 1. The lowest BCUT2D eigenvalue weighted by Gasteiger charge is -2.14. The molecule has 7 heteroatoms. The van der Waals surface area contributed by atoms with Crippen LogP contribution in [0.4, 0.5) is 5.82 Å². The summed E-state index contributed by atoms with van der Waals surface area (Å²) in [6, 6.07) is 13.9. The molecule has 0 atom stereocenters. The summed E-state index contributed by atoms with van der Waals surface area (Å²) < 4.78 is 4.98. The normalized spacial score (nSPS) is 10.4. The predicted octanol–water partition coefficient (Wildman–Crippen LogP) is 3.87. The molecular formula is C20H20N4O2S. The van der Waals surface area contributed by atoms with Crippen molar-refractivity contribution in [1.29, 1.82) is 0 Å². The largest absolute Gasteiger partial charge is 0.465 e. The summed E-state index contributed by atoms with van der Waals surface area (Å²) in [7, 11) is 1.36. The summed E-state index contributed by atoms with van der Waals surface area (Å²) in [5.74, 6) is 1.29. The third kappa shape index (κ3) is 5.04. The molecule has 0 spiro atoms. The Morgan fingerprint density at radius 3 is 2.59 bits per heavy atom. The number of anilines is 1. The number of hydrogen-bond acceptors (Lipinski definition) is 7. The van der Waals surface area contributed by atoms with Crippen LogP contribution in [-0.2, 0) is 17.0 Å². The standard InChI is InChI=1S/C20H20N4O2S/c1-14-23-18(22-12-16-9-6-10-21-11-16)17(20(25)26-2)19(24-14)27-13-15-7-4-3-5-8-15/h3-11H,12-13H2,1-2H3,(H,22,23,24). The van der Waals surface area contributed by atoms with Crippen molar-refractivity contribution in [3.8, 4) is 0 Å². The number of pyridine rings is 1. The number of aromatic nitrogens is 3. The number of nitrogens with one attached hydrogen (secondary N) is 1. The number of carbonyl (C=O) groups excluding carboxylic acids is 1. The van der Waals surface area contributed by atoms with Crippen LogP contribution in [0.5, 0.6) is 0 Å². The minimum Gasteiger partial charge on any atom is -0.465 e. The van der Waals surface area contributed by atoms with Crippen LogP contribution in [0.1, 0.15) is 27.3 Å². The molecule has 0 aliphatic rings. The lowest BCUT2D eigenvalue weighted by molar-refractivity contribution is 0.0596. The number of aryl methyl sites for hydroxylation is 1. The van der Waals surface area contributed by atoms with Gasteiger partial charge < -0.3 is 10.1 Å². The molecule has 1 N–H and O–H groups in total. The van der Waals surface area contributed by atoms with Crippen LogP contribution in [0.15, 0.2) is 59.9 Å². The molecule has 0 aliphatic carbocycles. The predicted molar refractivity (Wildman–Crippen MR) is 106 cm³/mol. The summed E-state index contributed by atoms with van der Waals surface area (Å²) in [4.78, 5) is 25.4. The first-order chi connectivity index (χ1) is 13.2. The number of ether oxygens (including phenoxy) is 1. The molecule has 0 radical (unpaired) electrons. The zero-order valence-electron chi connectivity index (χ0n) is 15.2. The highest BCUT2D eigenvalue weighted by Crippen LogP contribution is 2.29. The Bertz CT molecular complexity index is 840. The molecule has 2 aromatic heterocycles. The molecule has 0 aliphatic heterocycles. The fourth-order valence-electron chi connectivity index (χ4n) is 2.48. The van der Waals surface area contributed by atoms with Crippen LogP contribution in [0.2, 0.25) is 0 Å². The molecule has 0 fully saturated rings. The van der Waals surface area contributed by atoms with Gasteiger partial charge in [0.1, 0.15) is 22.2 Å². The number of esters is 1. The second-order valence-electron chi connectivity index (χ2n) is 5.78. The number of carbonyl (C=O) groups is 1. The van der Waals surface area contributed by atoms with Gasteiger partial charge in [-0.25, -0.2) is 14.8 Å². The average molecular weight is 380 g/mol. The van der Waals surface area contributed by atoms with Gasteiger partial charge in [-0.1, -0.05) is 36.4 Å². The molecule has 2 heterocycles. The number of benzene rings is 1. The van der Waals surface area contributed by atoms with Crippen LogP contribution in [0.3, 0.4) is 0 Å². The fourth-order valence-corrected chi connectivity index (χ4v) is 3.50. The van der Waals surface area contributed by atoms with Gasteiger partial charge in [-0.05, 0) is 24.1 Å². The van der Waals surface area contributed by atoms with Crippen molar-refractivity contribution in [1.82, 2.24) is 15.0 Å². The van der Waals surface area contributed by atoms with Crippen LogP contribution in [-0.4, -0.2) is 28.0 Å². The van der Waals surface area contributed by atoms with E-state index in [0.717, 1.165) is 11.1 Å². The molecule has 0 unspecified atom stereocenters. The topological polar surface area (TPSA) is 77.0 Å². The van der Waals surface area contributed by atoms with Crippen LogP contribution in [0.25, 0.3) is 0 Å². The Kier molecular flexibility index (Phi) is 6.38. The molecular weight excluding hydrogens is 360 g/mol. The van der Waals surface area contributed by atoms with Crippen molar-refractivity contribution in [2.45, 2.75) is 24.2 Å². The maximum absolute atomic E-state index is 12.4. The molecule has 0 amide bonds. The summed E-state index contributed by atoms with van der Waals surface area (Å²) in [5.41, 5.74) is 2.50. The molecule has 0 bridgehead atoms. The lowest BCUT2D eigenvalue weighted by Crippen LogP contribution is -2.14. The molecule has 0 saturated heterocycles. The zero-order chi connectivity index (χ0) is 19.1. The second kappa shape index (κ2) is 9.14. The Labute approximate surface area is 162 Å². The van der Waals surface area contributed by atoms with Gasteiger partial charge in [-0.3, -0.25) is 4.98 Å². The van der Waals surface area contributed by atoms with Gasteiger partial charge in [0.25, 0.3) is 0 Å². The number of rotatable bonds is 7. The monoisotopic (exact) mass is 380 g/mol. The molecule has 3 aromatic rings. The zero-order valence-corrected chi connectivity index (χ0v) is 16.0. The molecule has 0 saturated carbocycles. The van der Waals surface area contributed by atoms with E-state index < -0.39 is 5.97 Å². The minimum atomic E-state index is -0.459. The Morgan fingerprint density at radius 2 is 1.89 bits per heavy atom. The van der Waals surface area contributed by atoms with Crippen LogP contribution < -0.4 is 5.32 Å². The first-order valence-corrected chi connectivity index (χ1v) is 9.42. The van der Waals surface area contributed by atoms with Crippen molar-refractivity contribution in [3.63, 3.8) is 0 Å². The van der Waals surface area contributed by atoms with Crippen molar-refractivity contribution in [3.05, 3.63) is 77.4 Å². The molecule has 6 nitrogen and oxygen atoms in total. The van der Waals surface area contributed by atoms with E-state index in [1.165, 1.54) is 18.9 Å². The van der Waals surface area contributed by atoms with Gasteiger partial charge >= 0.3 is 5.97 Å². The third-order valence-corrected chi connectivity index (χ3v) is 4.82. The summed E-state index contributed by atoms with van der Waals surface area (Å²) in [6.45, 7) is 2.31. The van der Waals surface area contributed by atoms with Gasteiger partial charge in [0.2, 0.25) is 0 Å². The number of hydrogen-bond donors (Lipinski definition) is 1.